The Morgan fingerprint density at radius 2 is 2.21 bits per heavy atom. The van der Waals surface area contributed by atoms with E-state index < -0.39 is 0 Å². The van der Waals surface area contributed by atoms with Gasteiger partial charge in [0.15, 0.2) is 5.65 Å². The van der Waals surface area contributed by atoms with Gasteiger partial charge in [0, 0.05) is 13.1 Å². The second-order valence-corrected chi connectivity index (χ2v) is 6.42. The number of carbonyl (C=O) groups excluding carboxylic acids is 1. The molecule has 0 radical (unpaired) electrons. The van der Waals surface area contributed by atoms with Crippen molar-refractivity contribution in [3.8, 4) is 17.4 Å². The van der Waals surface area contributed by atoms with Crippen LogP contribution in [0.5, 0.6) is 17.4 Å². The van der Waals surface area contributed by atoms with E-state index in [2.05, 4.69) is 31.0 Å². The maximum absolute atomic E-state index is 11.6. The van der Waals surface area contributed by atoms with Gasteiger partial charge in [-0.2, -0.15) is 5.10 Å². The lowest BCUT2D eigenvalue weighted by molar-refractivity contribution is -0.135. The Labute approximate surface area is 145 Å². The lowest BCUT2D eigenvalue weighted by Crippen LogP contribution is -2.18. The predicted molar refractivity (Wildman–Crippen MR) is 89.2 cm³/mol. The van der Waals surface area contributed by atoms with E-state index in [1.165, 1.54) is 6.33 Å². The Kier molecular flexibility index (Phi) is 3.49. The number of esters is 1. The molecule has 2 aromatic heterocycles. The molecule has 0 amide bonds. The van der Waals surface area contributed by atoms with Crippen molar-refractivity contribution in [2.45, 2.75) is 19.3 Å². The Balaban J connectivity index is 1.74. The van der Waals surface area contributed by atoms with Crippen LogP contribution in [-0.2, 0) is 11.8 Å². The molecule has 1 aromatic carbocycles. The summed E-state index contributed by atoms with van der Waals surface area (Å²) in [7, 11) is 1.80. The van der Waals surface area contributed by atoms with E-state index in [0.717, 1.165) is 5.56 Å². The molecule has 0 bridgehead atoms. The summed E-state index contributed by atoms with van der Waals surface area (Å²) in [5.41, 5.74) is 1.65. The van der Waals surface area contributed by atoms with Gasteiger partial charge in [-0.05, 0) is 33.5 Å². The van der Waals surface area contributed by atoms with Crippen molar-refractivity contribution in [1.29, 1.82) is 0 Å². The second-order valence-electron chi connectivity index (χ2n) is 5.67. The molecule has 1 unspecified atom stereocenters. The average Bonchev–Trinajstić information content (AvgIpc) is 2.82. The molecule has 1 atom stereocenters. The van der Waals surface area contributed by atoms with E-state index in [9.17, 15) is 4.79 Å². The fraction of sp³-hybridized carbons (Fsp3) is 0.250. The number of fused-ring (bicyclic) bond motifs is 2. The first kappa shape index (κ1) is 15.1. The lowest BCUT2D eigenvalue weighted by Gasteiger charge is -2.21. The summed E-state index contributed by atoms with van der Waals surface area (Å²) in [6.45, 7) is 2.00. The van der Waals surface area contributed by atoms with Crippen LogP contribution in [0.15, 0.2) is 29.1 Å². The van der Waals surface area contributed by atoms with Gasteiger partial charge >= 0.3 is 5.97 Å². The first-order valence-corrected chi connectivity index (χ1v) is 8.18. The van der Waals surface area contributed by atoms with Gasteiger partial charge in [-0.1, -0.05) is 13.0 Å². The Hall–Kier alpha value is -2.48. The van der Waals surface area contributed by atoms with Crippen molar-refractivity contribution >= 4 is 32.9 Å². The third-order valence-electron chi connectivity index (χ3n) is 3.97. The number of hydrogen-bond acceptors (Lipinski definition) is 6. The molecule has 7 nitrogen and oxygen atoms in total. The number of aryl methyl sites for hydroxylation is 1. The largest absolute Gasteiger partial charge is 0.438 e. The molecule has 4 rings (SSSR count). The Morgan fingerprint density at radius 3 is 3.04 bits per heavy atom. The van der Waals surface area contributed by atoms with E-state index in [1.54, 1.807) is 17.8 Å². The van der Waals surface area contributed by atoms with Gasteiger partial charge in [-0.15, -0.1) is 0 Å². The van der Waals surface area contributed by atoms with Crippen LogP contribution >= 0.6 is 15.9 Å². The molecule has 0 saturated carbocycles. The van der Waals surface area contributed by atoms with Gasteiger partial charge in [-0.3, -0.25) is 4.79 Å². The van der Waals surface area contributed by atoms with E-state index >= 15 is 0 Å². The quantitative estimate of drug-likeness (QED) is 0.494. The molecule has 8 heteroatoms. The average molecular weight is 389 g/mol. The summed E-state index contributed by atoms with van der Waals surface area (Å²) < 4.78 is 13.5. The normalized spacial score (nSPS) is 16.8. The molecule has 0 saturated heterocycles. The van der Waals surface area contributed by atoms with Crippen LogP contribution in [0, 0.1) is 0 Å². The van der Waals surface area contributed by atoms with Gasteiger partial charge in [0.2, 0.25) is 5.88 Å². The lowest BCUT2D eigenvalue weighted by atomic mass is 9.95. The van der Waals surface area contributed by atoms with Crippen molar-refractivity contribution < 1.29 is 14.3 Å². The van der Waals surface area contributed by atoms with Crippen molar-refractivity contribution in [2.75, 3.05) is 0 Å². The minimum absolute atomic E-state index is 0.133. The monoisotopic (exact) mass is 388 g/mol. The summed E-state index contributed by atoms with van der Waals surface area (Å²) in [5, 5.41) is 4.95. The molecule has 24 heavy (non-hydrogen) atoms. The molecule has 0 N–H and O–H groups in total. The molecule has 0 spiro atoms. The number of rotatable bonds is 2. The van der Waals surface area contributed by atoms with Crippen molar-refractivity contribution in [1.82, 2.24) is 19.7 Å². The van der Waals surface area contributed by atoms with Crippen LogP contribution in [0.2, 0.25) is 0 Å². The molecule has 1 aliphatic heterocycles. The highest BCUT2D eigenvalue weighted by Gasteiger charge is 2.24. The predicted octanol–water partition coefficient (Wildman–Crippen LogP) is 3.33. The Bertz CT molecular complexity index is 969. The topological polar surface area (TPSA) is 79.1 Å². The summed E-state index contributed by atoms with van der Waals surface area (Å²) >= 11 is 3.40. The highest BCUT2D eigenvalue weighted by atomic mass is 79.9. The zero-order valence-corrected chi connectivity index (χ0v) is 14.6. The van der Waals surface area contributed by atoms with Crippen LogP contribution in [0.3, 0.4) is 0 Å². The smallest absolute Gasteiger partial charge is 0.311 e. The van der Waals surface area contributed by atoms with E-state index in [1.807, 2.05) is 19.1 Å². The first-order chi connectivity index (χ1) is 11.5. The van der Waals surface area contributed by atoms with Crippen LogP contribution in [0.1, 0.15) is 24.8 Å². The van der Waals surface area contributed by atoms with E-state index in [0.29, 0.717) is 39.4 Å². The van der Waals surface area contributed by atoms with Gasteiger partial charge in [0.1, 0.15) is 27.8 Å². The SMILES string of the molecule is CC1CC(=O)Oc2cc(Oc3ncnc4c3c(Br)nn4C)ccc21. The summed E-state index contributed by atoms with van der Waals surface area (Å²) in [4.78, 5) is 20.0. The van der Waals surface area contributed by atoms with Crippen LogP contribution in [0.25, 0.3) is 11.0 Å². The zero-order chi connectivity index (χ0) is 16.8. The maximum Gasteiger partial charge on any atom is 0.311 e. The third kappa shape index (κ3) is 2.43. The highest BCUT2D eigenvalue weighted by Crippen LogP contribution is 2.38. The standard InChI is InChI=1S/C16H13BrN4O3/c1-8-5-12(22)24-11-6-9(3-4-10(8)11)23-16-13-14(17)20-21(2)15(13)18-7-19-16/h3-4,6-8H,5H2,1-2H3. The number of benzene rings is 1. The van der Waals surface area contributed by atoms with E-state index in [4.69, 9.17) is 9.47 Å². The van der Waals surface area contributed by atoms with Crippen molar-refractivity contribution in [3.63, 3.8) is 0 Å². The number of ether oxygens (including phenoxy) is 2. The minimum atomic E-state index is -0.230. The summed E-state index contributed by atoms with van der Waals surface area (Å²) in [5.74, 6) is 1.36. The number of carbonyl (C=O) groups is 1. The fourth-order valence-electron chi connectivity index (χ4n) is 2.80. The number of nitrogens with zero attached hydrogens (tertiary/aromatic N) is 4. The second kappa shape index (κ2) is 5.55. The van der Waals surface area contributed by atoms with Gasteiger partial charge < -0.3 is 9.47 Å². The third-order valence-corrected chi connectivity index (χ3v) is 4.53. The molecular formula is C16H13BrN4O3. The number of hydrogen-bond donors (Lipinski definition) is 0. The molecule has 122 valence electrons. The summed E-state index contributed by atoms with van der Waals surface area (Å²) in [6.07, 6.45) is 1.81. The van der Waals surface area contributed by atoms with Crippen LogP contribution < -0.4 is 9.47 Å². The zero-order valence-electron chi connectivity index (χ0n) is 13.0. The van der Waals surface area contributed by atoms with Gasteiger partial charge in [0.25, 0.3) is 0 Å². The minimum Gasteiger partial charge on any atom is -0.438 e. The number of aromatic nitrogens is 4. The van der Waals surface area contributed by atoms with Crippen LogP contribution in [-0.4, -0.2) is 25.7 Å². The van der Waals surface area contributed by atoms with Crippen LogP contribution in [0.4, 0.5) is 0 Å². The molecule has 0 aliphatic carbocycles. The van der Waals surface area contributed by atoms with Gasteiger partial charge in [-0.25, -0.2) is 14.6 Å². The molecule has 1 aliphatic rings. The molecule has 0 fully saturated rings. The number of halogens is 1. The molecular weight excluding hydrogens is 376 g/mol. The maximum atomic E-state index is 11.6. The van der Waals surface area contributed by atoms with E-state index in [-0.39, 0.29) is 11.9 Å². The first-order valence-electron chi connectivity index (χ1n) is 7.38. The fourth-order valence-corrected chi connectivity index (χ4v) is 3.39. The van der Waals surface area contributed by atoms with Crippen molar-refractivity contribution in [2.24, 2.45) is 7.05 Å². The highest BCUT2D eigenvalue weighted by molar-refractivity contribution is 9.10. The molecule has 3 heterocycles. The molecule has 3 aromatic rings. The van der Waals surface area contributed by atoms with Crippen molar-refractivity contribution in [3.05, 3.63) is 34.7 Å². The Morgan fingerprint density at radius 1 is 1.38 bits per heavy atom. The summed E-state index contributed by atoms with van der Waals surface area (Å²) in [6, 6.07) is 5.46. The van der Waals surface area contributed by atoms with Gasteiger partial charge in [0.05, 0.1) is 6.42 Å².